The van der Waals surface area contributed by atoms with E-state index in [0.29, 0.717) is 11.7 Å². The highest BCUT2D eigenvalue weighted by Gasteiger charge is 2.28. The Bertz CT molecular complexity index is 882. The molecule has 4 rings (SSSR count). The van der Waals surface area contributed by atoms with Gasteiger partial charge in [0.25, 0.3) is 0 Å². The Hall–Kier alpha value is -2.54. The first kappa shape index (κ1) is 16.0. The maximum absolute atomic E-state index is 12.4. The lowest BCUT2D eigenvalue weighted by Crippen LogP contribution is -2.17. The summed E-state index contributed by atoms with van der Waals surface area (Å²) >= 11 is 1.42. The Morgan fingerprint density at radius 3 is 2.80 bits per heavy atom. The molecule has 3 aromatic rings. The van der Waals surface area contributed by atoms with Crippen LogP contribution in [-0.4, -0.2) is 31.0 Å². The fraction of sp³-hybridized carbons (Fsp3) is 0.278. The molecule has 1 amide bonds. The third-order valence-electron chi connectivity index (χ3n) is 4.10. The van der Waals surface area contributed by atoms with Gasteiger partial charge in [-0.05, 0) is 25.0 Å². The van der Waals surface area contributed by atoms with Gasteiger partial charge in [0.2, 0.25) is 5.91 Å². The number of anilines is 1. The number of nitrogens with zero attached hydrogens (tertiary/aromatic N) is 4. The normalized spacial score (nSPS) is 13.8. The predicted octanol–water partition coefficient (Wildman–Crippen LogP) is 3.21. The maximum atomic E-state index is 12.4. The van der Waals surface area contributed by atoms with Crippen molar-refractivity contribution in [3.63, 3.8) is 0 Å². The number of carbonyl (C=O) groups excluding carboxylic acids is 1. The van der Waals surface area contributed by atoms with E-state index in [-0.39, 0.29) is 5.91 Å². The molecule has 0 radical (unpaired) electrons. The van der Waals surface area contributed by atoms with Crippen molar-refractivity contribution >= 4 is 23.5 Å². The molecule has 1 aliphatic rings. The number of para-hydroxylation sites is 1. The molecule has 2 heterocycles. The van der Waals surface area contributed by atoms with Gasteiger partial charge < -0.3 is 9.88 Å². The van der Waals surface area contributed by atoms with E-state index in [1.54, 1.807) is 6.20 Å². The van der Waals surface area contributed by atoms with Gasteiger partial charge in [-0.25, -0.2) is 9.67 Å². The van der Waals surface area contributed by atoms with E-state index in [2.05, 4.69) is 10.3 Å². The highest BCUT2D eigenvalue weighted by molar-refractivity contribution is 7.99. The summed E-state index contributed by atoms with van der Waals surface area (Å²) in [7, 11) is 1.92. The molecule has 1 saturated carbocycles. The number of carbonyl (C=O) groups is 1. The van der Waals surface area contributed by atoms with E-state index in [4.69, 9.17) is 5.10 Å². The molecule has 0 saturated heterocycles. The Kier molecular flexibility index (Phi) is 4.31. The van der Waals surface area contributed by atoms with Gasteiger partial charge in [0, 0.05) is 31.4 Å². The molecule has 0 aliphatic heterocycles. The largest absolute Gasteiger partial charge is 0.329 e. The molecule has 1 aliphatic carbocycles. The minimum Gasteiger partial charge on any atom is -0.329 e. The number of amides is 1. The Morgan fingerprint density at radius 1 is 1.32 bits per heavy atom. The molecular formula is C18H19N5OS. The number of nitrogens with one attached hydrogen (secondary N) is 1. The van der Waals surface area contributed by atoms with Crippen LogP contribution in [-0.2, 0) is 11.8 Å². The van der Waals surface area contributed by atoms with Crippen molar-refractivity contribution in [1.82, 2.24) is 19.3 Å². The fourth-order valence-corrected chi connectivity index (χ4v) is 3.37. The zero-order valence-corrected chi connectivity index (χ0v) is 14.7. The number of thioether (sulfide) groups is 1. The van der Waals surface area contributed by atoms with Gasteiger partial charge >= 0.3 is 0 Å². The fourth-order valence-electron chi connectivity index (χ4n) is 2.63. The van der Waals surface area contributed by atoms with Crippen LogP contribution in [0.1, 0.15) is 24.5 Å². The molecule has 1 N–H and O–H groups in total. The Morgan fingerprint density at radius 2 is 2.12 bits per heavy atom. The molecule has 6 nitrogen and oxygen atoms in total. The summed E-state index contributed by atoms with van der Waals surface area (Å²) in [6, 6.07) is 11.9. The van der Waals surface area contributed by atoms with Crippen molar-refractivity contribution in [2.24, 2.45) is 7.05 Å². The van der Waals surface area contributed by atoms with E-state index in [9.17, 15) is 4.79 Å². The van der Waals surface area contributed by atoms with Gasteiger partial charge in [0.1, 0.15) is 5.82 Å². The predicted molar refractivity (Wildman–Crippen MR) is 98.1 cm³/mol. The highest BCUT2D eigenvalue weighted by atomic mass is 32.2. The summed E-state index contributed by atoms with van der Waals surface area (Å²) in [5.41, 5.74) is 2.00. The Balaban J connectivity index is 1.51. The van der Waals surface area contributed by atoms with Crippen LogP contribution in [0.5, 0.6) is 0 Å². The van der Waals surface area contributed by atoms with E-state index in [1.807, 2.05) is 58.9 Å². The molecule has 0 bridgehead atoms. The standard InChI is InChI=1S/C18H19N5OS/c1-22-10-9-19-18(22)25-12-17(24)20-16-11-15(13-7-8-13)21-23(16)14-5-3-2-4-6-14/h2-6,9-11,13H,7-8,12H2,1H3,(H,20,24). The van der Waals surface area contributed by atoms with Crippen molar-refractivity contribution in [3.8, 4) is 5.69 Å². The molecule has 25 heavy (non-hydrogen) atoms. The number of imidazole rings is 1. The summed E-state index contributed by atoms with van der Waals surface area (Å²) in [6.45, 7) is 0. The zero-order chi connectivity index (χ0) is 17.2. The molecule has 7 heteroatoms. The van der Waals surface area contributed by atoms with Crippen molar-refractivity contribution in [2.75, 3.05) is 11.1 Å². The summed E-state index contributed by atoms with van der Waals surface area (Å²) in [5, 5.41) is 8.52. The molecule has 0 unspecified atom stereocenters. The second-order valence-electron chi connectivity index (χ2n) is 6.13. The minimum absolute atomic E-state index is 0.0626. The molecule has 1 fully saturated rings. The molecule has 0 spiro atoms. The number of aryl methyl sites for hydroxylation is 1. The lowest BCUT2D eigenvalue weighted by atomic mass is 10.3. The number of hydrogen-bond donors (Lipinski definition) is 1. The van der Waals surface area contributed by atoms with Crippen LogP contribution >= 0.6 is 11.8 Å². The van der Waals surface area contributed by atoms with Crippen LogP contribution in [0.3, 0.4) is 0 Å². The first-order valence-corrected chi connectivity index (χ1v) is 9.24. The van der Waals surface area contributed by atoms with Crippen molar-refractivity contribution in [3.05, 3.63) is 54.5 Å². The monoisotopic (exact) mass is 353 g/mol. The SMILES string of the molecule is Cn1ccnc1SCC(=O)Nc1cc(C2CC2)nn1-c1ccccc1. The minimum atomic E-state index is -0.0626. The van der Waals surface area contributed by atoms with Gasteiger partial charge in [-0.2, -0.15) is 5.10 Å². The quantitative estimate of drug-likeness (QED) is 0.691. The van der Waals surface area contributed by atoms with Crippen LogP contribution in [0.15, 0.2) is 53.9 Å². The second-order valence-corrected chi connectivity index (χ2v) is 7.08. The lowest BCUT2D eigenvalue weighted by Gasteiger charge is -2.08. The van der Waals surface area contributed by atoms with Gasteiger partial charge in [-0.3, -0.25) is 4.79 Å². The molecule has 128 valence electrons. The summed E-state index contributed by atoms with van der Waals surface area (Å²) in [6.07, 6.45) is 5.95. The maximum Gasteiger partial charge on any atom is 0.236 e. The van der Waals surface area contributed by atoms with Gasteiger partial charge in [0.15, 0.2) is 5.16 Å². The molecular weight excluding hydrogens is 334 g/mol. The summed E-state index contributed by atoms with van der Waals surface area (Å²) in [4.78, 5) is 16.6. The van der Waals surface area contributed by atoms with E-state index < -0.39 is 0 Å². The smallest absolute Gasteiger partial charge is 0.236 e. The lowest BCUT2D eigenvalue weighted by molar-refractivity contribution is -0.113. The number of benzene rings is 1. The topological polar surface area (TPSA) is 64.7 Å². The van der Waals surface area contributed by atoms with Crippen LogP contribution in [0.4, 0.5) is 5.82 Å². The number of aromatic nitrogens is 4. The zero-order valence-electron chi connectivity index (χ0n) is 13.9. The van der Waals surface area contributed by atoms with Gasteiger partial charge in [0.05, 0.1) is 17.1 Å². The van der Waals surface area contributed by atoms with Crippen molar-refractivity contribution < 1.29 is 4.79 Å². The van der Waals surface area contributed by atoms with Crippen LogP contribution in [0.2, 0.25) is 0 Å². The summed E-state index contributed by atoms with van der Waals surface area (Å²) < 4.78 is 3.72. The van der Waals surface area contributed by atoms with E-state index >= 15 is 0 Å². The van der Waals surface area contributed by atoms with Crippen molar-refractivity contribution in [2.45, 2.75) is 23.9 Å². The number of hydrogen-bond acceptors (Lipinski definition) is 4. The summed E-state index contributed by atoms with van der Waals surface area (Å²) in [5.74, 6) is 1.50. The van der Waals surface area contributed by atoms with E-state index in [1.165, 1.54) is 24.6 Å². The first-order chi connectivity index (χ1) is 12.2. The number of rotatable bonds is 6. The van der Waals surface area contributed by atoms with Crippen molar-refractivity contribution in [1.29, 1.82) is 0 Å². The van der Waals surface area contributed by atoms with Gasteiger partial charge in [-0.15, -0.1) is 0 Å². The molecule has 1 aromatic carbocycles. The van der Waals surface area contributed by atoms with Crippen LogP contribution in [0.25, 0.3) is 5.69 Å². The second kappa shape index (κ2) is 6.76. The third-order valence-corrected chi connectivity index (χ3v) is 5.16. The molecule has 2 aromatic heterocycles. The third kappa shape index (κ3) is 3.61. The van der Waals surface area contributed by atoms with Gasteiger partial charge in [-0.1, -0.05) is 30.0 Å². The first-order valence-electron chi connectivity index (χ1n) is 8.26. The average Bonchev–Trinajstić information content (AvgIpc) is 3.27. The average molecular weight is 353 g/mol. The van der Waals surface area contributed by atoms with Crippen LogP contribution < -0.4 is 5.32 Å². The van der Waals surface area contributed by atoms with E-state index in [0.717, 1.165) is 22.4 Å². The highest BCUT2D eigenvalue weighted by Crippen LogP contribution is 2.40. The van der Waals surface area contributed by atoms with Crippen LogP contribution in [0, 0.1) is 0 Å². The Labute approximate surface area is 150 Å². The molecule has 0 atom stereocenters.